The smallest absolute Gasteiger partial charge is 0.0991 e. The Bertz CT molecular complexity index is 1160. The summed E-state index contributed by atoms with van der Waals surface area (Å²) in [6.45, 7) is 0. The van der Waals surface area contributed by atoms with Crippen LogP contribution in [-0.4, -0.2) is 0 Å². The predicted octanol–water partition coefficient (Wildman–Crippen LogP) is 6.68. The van der Waals surface area contributed by atoms with Gasteiger partial charge in [-0.25, -0.2) is 0 Å². The van der Waals surface area contributed by atoms with Crippen LogP contribution in [0, 0.1) is 22.7 Å². The van der Waals surface area contributed by atoms with Gasteiger partial charge in [0, 0.05) is 11.4 Å². The van der Waals surface area contributed by atoms with Crippen LogP contribution in [0.4, 0.5) is 34.1 Å². The lowest BCUT2D eigenvalue weighted by Crippen LogP contribution is -2.23. The molecule has 0 radical (unpaired) electrons. The first-order valence-corrected chi connectivity index (χ1v) is 9.59. The van der Waals surface area contributed by atoms with E-state index < -0.39 is 0 Å². The van der Waals surface area contributed by atoms with Crippen LogP contribution in [0.1, 0.15) is 11.1 Å². The second kappa shape index (κ2) is 7.13. The standard InChI is InChI=1S/C26H16N4/c27-17-19-9-13-21(14-10-19)29-23-5-1-2-6-24(23)30(26-8-4-3-7-25(26)29)22-15-11-20(18-28)12-16-22/h1-16H. The Labute approximate surface area is 175 Å². The van der Waals surface area contributed by atoms with E-state index in [1.165, 1.54) is 0 Å². The number of benzene rings is 4. The quantitative estimate of drug-likeness (QED) is 0.340. The van der Waals surface area contributed by atoms with Gasteiger partial charge in [0.15, 0.2) is 0 Å². The molecule has 0 N–H and O–H groups in total. The minimum Gasteiger partial charge on any atom is -0.306 e. The normalized spacial score (nSPS) is 11.8. The maximum Gasteiger partial charge on any atom is 0.0991 e. The maximum absolute atomic E-state index is 9.16. The van der Waals surface area contributed by atoms with Crippen LogP contribution in [0.3, 0.4) is 0 Å². The molecule has 0 amide bonds. The molecule has 140 valence electrons. The van der Waals surface area contributed by atoms with E-state index in [0.717, 1.165) is 34.1 Å². The van der Waals surface area contributed by atoms with Gasteiger partial charge >= 0.3 is 0 Å². The molecule has 5 rings (SSSR count). The van der Waals surface area contributed by atoms with Crippen LogP contribution >= 0.6 is 0 Å². The molecule has 0 saturated heterocycles. The van der Waals surface area contributed by atoms with Gasteiger partial charge in [0.25, 0.3) is 0 Å². The Morgan fingerprint density at radius 3 is 1.00 bits per heavy atom. The summed E-state index contributed by atoms with van der Waals surface area (Å²) in [4.78, 5) is 4.43. The summed E-state index contributed by atoms with van der Waals surface area (Å²) in [5.41, 5.74) is 7.45. The van der Waals surface area contributed by atoms with Crippen LogP contribution in [0.25, 0.3) is 0 Å². The van der Waals surface area contributed by atoms with E-state index in [-0.39, 0.29) is 0 Å². The fourth-order valence-electron chi connectivity index (χ4n) is 3.87. The molecule has 4 nitrogen and oxygen atoms in total. The van der Waals surface area contributed by atoms with Crippen molar-refractivity contribution >= 4 is 34.1 Å². The van der Waals surface area contributed by atoms with Crippen LogP contribution in [0.5, 0.6) is 0 Å². The third-order valence-electron chi connectivity index (χ3n) is 5.24. The van der Waals surface area contributed by atoms with Crippen molar-refractivity contribution in [2.75, 3.05) is 9.80 Å². The first-order chi connectivity index (χ1) is 14.8. The number of hydrogen-bond acceptors (Lipinski definition) is 4. The van der Waals surface area contributed by atoms with Crippen molar-refractivity contribution in [2.45, 2.75) is 0 Å². The molecule has 4 aromatic rings. The molecular formula is C26H16N4. The number of nitriles is 2. The highest BCUT2D eigenvalue weighted by Gasteiger charge is 2.29. The van der Waals surface area contributed by atoms with Crippen molar-refractivity contribution in [3.8, 4) is 12.1 Å². The van der Waals surface area contributed by atoms with Gasteiger partial charge in [-0.3, -0.25) is 0 Å². The molecule has 4 heteroatoms. The van der Waals surface area contributed by atoms with Gasteiger partial charge in [0.05, 0.1) is 46.0 Å². The third-order valence-corrected chi connectivity index (χ3v) is 5.24. The third kappa shape index (κ3) is 2.76. The Hall–Kier alpha value is -4.54. The van der Waals surface area contributed by atoms with Crippen molar-refractivity contribution in [3.63, 3.8) is 0 Å². The summed E-state index contributed by atoms with van der Waals surface area (Å²) in [5, 5.41) is 18.3. The molecule has 1 aliphatic heterocycles. The molecule has 0 aromatic heterocycles. The zero-order valence-corrected chi connectivity index (χ0v) is 16.0. The maximum atomic E-state index is 9.16. The van der Waals surface area contributed by atoms with Gasteiger partial charge < -0.3 is 9.80 Å². The van der Waals surface area contributed by atoms with Gasteiger partial charge in [0.1, 0.15) is 0 Å². The van der Waals surface area contributed by atoms with Crippen molar-refractivity contribution in [1.82, 2.24) is 0 Å². The monoisotopic (exact) mass is 384 g/mol. The molecule has 1 heterocycles. The Kier molecular flexibility index (Phi) is 4.17. The first-order valence-electron chi connectivity index (χ1n) is 9.59. The van der Waals surface area contributed by atoms with Gasteiger partial charge in [-0.2, -0.15) is 10.5 Å². The number of fused-ring (bicyclic) bond motifs is 2. The molecule has 0 unspecified atom stereocenters. The number of rotatable bonds is 2. The SMILES string of the molecule is N#Cc1ccc(N2c3ccccc3N(c3ccc(C#N)cc3)c3ccccc32)cc1. The summed E-state index contributed by atoms with van der Waals surface area (Å²) in [6, 6.07) is 36.1. The van der Waals surface area contributed by atoms with E-state index in [1.54, 1.807) is 0 Å². The summed E-state index contributed by atoms with van der Waals surface area (Å²) in [5.74, 6) is 0. The Morgan fingerprint density at radius 1 is 0.433 bits per heavy atom. The lowest BCUT2D eigenvalue weighted by molar-refractivity contribution is 1.17. The van der Waals surface area contributed by atoms with Crippen LogP contribution in [0.2, 0.25) is 0 Å². The van der Waals surface area contributed by atoms with Crippen molar-refractivity contribution < 1.29 is 0 Å². The molecule has 0 bridgehead atoms. The van der Waals surface area contributed by atoms with Gasteiger partial charge in [-0.1, -0.05) is 24.3 Å². The average molecular weight is 384 g/mol. The van der Waals surface area contributed by atoms with E-state index in [9.17, 15) is 0 Å². The molecule has 1 aliphatic rings. The summed E-state index contributed by atoms with van der Waals surface area (Å²) in [7, 11) is 0. The number of nitrogens with zero attached hydrogens (tertiary/aromatic N) is 4. The zero-order chi connectivity index (χ0) is 20.5. The van der Waals surface area contributed by atoms with E-state index in [0.29, 0.717) is 11.1 Å². The van der Waals surface area contributed by atoms with Crippen LogP contribution in [0.15, 0.2) is 97.1 Å². The number of hydrogen-bond donors (Lipinski definition) is 0. The number of para-hydroxylation sites is 4. The second-order valence-corrected chi connectivity index (χ2v) is 6.97. The van der Waals surface area contributed by atoms with Crippen molar-refractivity contribution in [2.24, 2.45) is 0 Å². The average Bonchev–Trinajstić information content (AvgIpc) is 2.82. The largest absolute Gasteiger partial charge is 0.306 e. The fourth-order valence-corrected chi connectivity index (χ4v) is 3.87. The minimum absolute atomic E-state index is 0.636. The van der Waals surface area contributed by atoms with Crippen molar-refractivity contribution in [1.29, 1.82) is 10.5 Å². The molecule has 0 aliphatic carbocycles. The highest BCUT2D eigenvalue weighted by molar-refractivity contribution is 6.01. The van der Waals surface area contributed by atoms with E-state index in [1.807, 2.05) is 72.8 Å². The molecule has 0 atom stereocenters. The summed E-state index contributed by atoms with van der Waals surface area (Å²) >= 11 is 0. The van der Waals surface area contributed by atoms with Crippen molar-refractivity contribution in [3.05, 3.63) is 108 Å². The Morgan fingerprint density at radius 2 is 0.733 bits per heavy atom. The molecule has 0 saturated carbocycles. The highest BCUT2D eigenvalue weighted by Crippen LogP contribution is 2.53. The van der Waals surface area contributed by atoms with E-state index in [4.69, 9.17) is 10.5 Å². The fraction of sp³-hybridized carbons (Fsp3) is 0. The zero-order valence-electron chi connectivity index (χ0n) is 16.0. The van der Waals surface area contributed by atoms with Crippen LogP contribution < -0.4 is 9.80 Å². The summed E-state index contributed by atoms with van der Waals surface area (Å²) < 4.78 is 0. The molecule has 0 spiro atoms. The molecule has 30 heavy (non-hydrogen) atoms. The molecular weight excluding hydrogens is 368 g/mol. The number of anilines is 6. The van der Waals surface area contributed by atoms with Crippen LogP contribution in [-0.2, 0) is 0 Å². The molecule has 4 aromatic carbocycles. The Balaban J connectivity index is 1.73. The molecule has 0 fully saturated rings. The first kappa shape index (κ1) is 17.6. The lowest BCUT2D eigenvalue weighted by Gasteiger charge is -2.40. The predicted molar refractivity (Wildman–Crippen MR) is 119 cm³/mol. The summed E-state index contributed by atoms with van der Waals surface area (Å²) in [6.07, 6.45) is 0. The van der Waals surface area contributed by atoms with Gasteiger partial charge in [-0.15, -0.1) is 0 Å². The minimum atomic E-state index is 0.636. The van der Waals surface area contributed by atoms with Gasteiger partial charge in [-0.05, 0) is 72.8 Å². The second-order valence-electron chi connectivity index (χ2n) is 6.97. The van der Waals surface area contributed by atoms with Gasteiger partial charge in [0.2, 0.25) is 0 Å². The highest BCUT2D eigenvalue weighted by atomic mass is 15.3. The van der Waals surface area contributed by atoms with E-state index >= 15 is 0 Å². The van der Waals surface area contributed by atoms with E-state index in [2.05, 4.69) is 46.2 Å². The lowest BCUT2D eigenvalue weighted by atomic mass is 10.0. The topological polar surface area (TPSA) is 54.1 Å².